The van der Waals surface area contributed by atoms with Crippen molar-refractivity contribution in [3.8, 4) is 5.75 Å². The van der Waals surface area contributed by atoms with Crippen LogP contribution in [0.25, 0.3) is 0 Å². The van der Waals surface area contributed by atoms with Crippen LogP contribution in [-0.2, 0) is 4.79 Å². The number of carbonyl (C=O) groups excluding carboxylic acids is 1. The maximum Gasteiger partial charge on any atom is 0.308 e. The van der Waals surface area contributed by atoms with Gasteiger partial charge in [-0.3, -0.25) is 4.79 Å². The molecule has 11 heavy (non-hydrogen) atoms. The number of esters is 1. The van der Waals surface area contributed by atoms with Gasteiger partial charge in [0.25, 0.3) is 0 Å². The van der Waals surface area contributed by atoms with Crippen LogP contribution in [0, 0.1) is 3.57 Å². The zero-order valence-corrected chi connectivity index (χ0v) is 8.16. The Morgan fingerprint density at radius 3 is 2.36 bits per heavy atom. The Kier molecular flexibility index (Phi) is 2.87. The van der Waals surface area contributed by atoms with E-state index in [9.17, 15) is 4.79 Å². The third-order valence-electron chi connectivity index (χ3n) is 1.08. The minimum absolute atomic E-state index is 0.286. The maximum atomic E-state index is 10.5. The zero-order valence-electron chi connectivity index (χ0n) is 6.00. The summed E-state index contributed by atoms with van der Waals surface area (Å²) in [5, 5.41) is 0. The maximum absolute atomic E-state index is 10.5. The van der Waals surface area contributed by atoms with Crippen molar-refractivity contribution in [2.24, 2.45) is 0 Å². The van der Waals surface area contributed by atoms with Crippen molar-refractivity contribution in [1.82, 2.24) is 0 Å². The first kappa shape index (κ1) is 8.52. The SMILES string of the molecule is CC(=O)Oc1ccc(I)cc1. The summed E-state index contributed by atoms with van der Waals surface area (Å²) in [5.41, 5.74) is 0. The van der Waals surface area contributed by atoms with E-state index in [1.807, 2.05) is 12.1 Å². The first-order valence-corrected chi connectivity index (χ1v) is 4.20. The Hall–Kier alpha value is -0.580. The molecule has 0 aliphatic carbocycles. The van der Waals surface area contributed by atoms with E-state index in [-0.39, 0.29) is 5.97 Å². The molecule has 3 heteroatoms. The van der Waals surface area contributed by atoms with Gasteiger partial charge in [0.2, 0.25) is 0 Å². The van der Waals surface area contributed by atoms with E-state index < -0.39 is 0 Å². The third kappa shape index (κ3) is 2.88. The van der Waals surface area contributed by atoms with Crippen molar-refractivity contribution < 1.29 is 9.53 Å². The second-order valence-corrected chi connectivity index (χ2v) is 3.29. The molecule has 2 nitrogen and oxygen atoms in total. The van der Waals surface area contributed by atoms with Crippen molar-refractivity contribution in [2.75, 3.05) is 0 Å². The van der Waals surface area contributed by atoms with Gasteiger partial charge in [-0.25, -0.2) is 0 Å². The van der Waals surface area contributed by atoms with Gasteiger partial charge >= 0.3 is 5.97 Å². The molecule has 0 radical (unpaired) electrons. The van der Waals surface area contributed by atoms with Gasteiger partial charge in [0, 0.05) is 10.5 Å². The van der Waals surface area contributed by atoms with Crippen molar-refractivity contribution in [3.05, 3.63) is 27.8 Å². The third-order valence-corrected chi connectivity index (χ3v) is 1.79. The van der Waals surface area contributed by atoms with Gasteiger partial charge in [-0.05, 0) is 46.9 Å². The van der Waals surface area contributed by atoms with Gasteiger partial charge in [0.1, 0.15) is 5.75 Å². The molecule has 0 spiro atoms. The number of hydrogen-bond donors (Lipinski definition) is 0. The van der Waals surface area contributed by atoms with Gasteiger partial charge in [-0.15, -0.1) is 0 Å². The van der Waals surface area contributed by atoms with Gasteiger partial charge in [0.05, 0.1) is 0 Å². The highest BCUT2D eigenvalue weighted by atomic mass is 127. The number of halogens is 1. The van der Waals surface area contributed by atoms with E-state index in [0.717, 1.165) is 3.57 Å². The van der Waals surface area contributed by atoms with E-state index in [1.165, 1.54) is 6.92 Å². The van der Waals surface area contributed by atoms with Crippen LogP contribution in [0.2, 0.25) is 0 Å². The van der Waals surface area contributed by atoms with Crippen LogP contribution in [0.4, 0.5) is 0 Å². The second kappa shape index (κ2) is 3.71. The minimum Gasteiger partial charge on any atom is -0.427 e. The molecule has 0 aliphatic rings. The summed E-state index contributed by atoms with van der Waals surface area (Å²) in [7, 11) is 0. The van der Waals surface area contributed by atoms with E-state index >= 15 is 0 Å². The average Bonchev–Trinajstić information content (AvgIpc) is 1.93. The lowest BCUT2D eigenvalue weighted by atomic mass is 10.3. The van der Waals surface area contributed by atoms with Crippen LogP contribution in [0.5, 0.6) is 5.75 Å². The number of hydrogen-bond acceptors (Lipinski definition) is 2. The van der Waals surface area contributed by atoms with E-state index in [4.69, 9.17) is 4.74 Å². The van der Waals surface area contributed by atoms with Crippen molar-refractivity contribution in [2.45, 2.75) is 6.92 Å². The van der Waals surface area contributed by atoms with Crippen molar-refractivity contribution >= 4 is 28.6 Å². The standard InChI is InChI=1S/C8H7IO2/c1-6(10)11-8-4-2-7(9)3-5-8/h2-5H,1H3. The highest BCUT2D eigenvalue weighted by Crippen LogP contribution is 2.13. The van der Waals surface area contributed by atoms with E-state index in [0.29, 0.717) is 5.75 Å². The lowest BCUT2D eigenvalue weighted by Gasteiger charge is -1.99. The fourth-order valence-corrected chi connectivity index (χ4v) is 1.03. The normalized spacial score (nSPS) is 9.27. The van der Waals surface area contributed by atoms with Gasteiger partial charge in [-0.1, -0.05) is 0 Å². The minimum atomic E-state index is -0.286. The summed E-state index contributed by atoms with van der Waals surface area (Å²) >= 11 is 2.19. The first-order chi connectivity index (χ1) is 5.18. The predicted octanol–water partition coefficient (Wildman–Crippen LogP) is 2.22. The Morgan fingerprint density at radius 2 is 1.91 bits per heavy atom. The lowest BCUT2D eigenvalue weighted by molar-refractivity contribution is -0.131. The molecule has 0 bridgehead atoms. The summed E-state index contributed by atoms with van der Waals surface area (Å²) in [6, 6.07) is 7.31. The Morgan fingerprint density at radius 1 is 1.36 bits per heavy atom. The second-order valence-electron chi connectivity index (χ2n) is 2.05. The molecule has 0 heterocycles. The zero-order chi connectivity index (χ0) is 8.27. The molecule has 0 amide bonds. The molecule has 0 saturated heterocycles. The summed E-state index contributed by atoms with van der Waals surface area (Å²) in [6.45, 7) is 1.39. The van der Waals surface area contributed by atoms with Crippen molar-refractivity contribution in [1.29, 1.82) is 0 Å². The molecule has 0 unspecified atom stereocenters. The topological polar surface area (TPSA) is 26.3 Å². The molecule has 0 N–H and O–H groups in total. The number of benzene rings is 1. The summed E-state index contributed by atoms with van der Waals surface area (Å²) in [4.78, 5) is 10.5. The van der Waals surface area contributed by atoms with Crippen LogP contribution in [0.3, 0.4) is 0 Å². The monoisotopic (exact) mass is 262 g/mol. The quantitative estimate of drug-likeness (QED) is 0.440. The number of ether oxygens (including phenoxy) is 1. The van der Waals surface area contributed by atoms with Gasteiger partial charge < -0.3 is 4.74 Å². The Bertz CT molecular complexity index is 253. The number of carbonyl (C=O) groups is 1. The highest BCUT2D eigenvalue weighted by Gasteiger charge is 1.95. The summed E-state index contributed by atoms with van der Waals surface area (Å²) < 4.78 is 5.95. The fraction of sp³-hybridized carbons (Fsp3) is 0.125. The molecule has 0 atom stereocenters. The Labute approximate surface area is 78.7 Å². The summed E-state index contributed by atoms with van der Waals surface area (Å²) in [6.07, 6.45) is 0. The van der Waals surface area contributed by atoms with Crippen LogP contribution in [0.1, 0.15) is 6.92 Å². The molecule has 58 valence electrons. The van der Waals surface area contributed by atoms with Crippen LogP contribution in [-0.4, -0.2) is 5.97 Å². The van der Waals surface area contributed by atoms with Crippen LogP contribution >= 0.6 is 22.6 Å². The smallest absolute Gasteiger partial charge is 0.308 e. The molecule has 0 fully saturated rings. The van der Waals surface area contributed by atoms with Crippen molar-refractivity contribution in [3.63, 3.8) is 0 Å². The Balaban J connectivity index is 2.74. The molecule has 0 aromatic heterocycles. The van der Waals surface area contributed by atoms with E-state index in [1.54, 1.807) is 12.1 Å². The van der Waals surface area contributed by atoms with Crippen LogP contribution in [0.15, 0.2) is 24.3 Å². The largest absolute Gasteiger partial charge is 0.427 e. The fourth-order valence-electron chi connectivity index (χ4n) is 0.669. The first-order valence-electron chi connectivity index (χ1n) is 3.12. The number of rotatable bonds is 1. The molecule has 0 aliphatic heterocycles. The molecular weight excluding hydrogens is 255 g/mol. The molecular formula is C8H7IO2. The molecule has 1 rings (SSSR count). The average molecular weight is 262 g/mol. The molecule has 1 aromatic rings. The van der Waals surface area contributed by atoms with E-state index in [2.05, 4.69) is 22.6 Å². The van der Waals surface area contributed by atoms with Gasteiger partial charge in [0.15, 0.2) is 0 Å². The lowest BCUT2D eigenvalue weighted by Crippen LogP contribution is -2.00. The highest BCUT2D eigenvalue weighted by molar-refractivity contribution is 14.1. The molecule has 0 saturated carbocycles. The van der Waals surface area contributed by atoms with Crippen LogP contribution < -0.4 is 4.74 Å². The van der Waals surface area contributed by atoms with Gasteiger partial charge in [-0.2, -0.15) is 0 Å². The molecule has 1 aromatic carbocycles. The predicted molar refractivity (Wildman–Crippen MR) is 50.5 cm³/mol. The summed E-state index contributed by atoms with van der Waals surface area (Å²) in [5.74, 6) is 0.309.